The van der Waals surface area contributed by atoms with Gasteiger partial charge in [-0.15, -0.1) is 11.3 Å². The van der Waals surface area contributed by atoms with Gasteiger partial charge in [-0.25, -0.2) is 4.98 Å². The minimum atomic E-state index is -0.0177. The second-order valence-corrected chi connectivity index (χ2v) is 6.99. The van der Waals surface area contributed by atoms with Gasteiger partial charge in [0, 0.05) is 18.2 Å². The van der Waals surface area contributed by atoms with Crippen molar-refractivity contribution < 1.29 is 4.79 Å². The SMILES string of the molecule is C[C@@H](CN1CCCCC1)NC(=O)c1scnc1-c1ccccc1. The highest BCUT2D eigenvalue weighted by Gasteiger charge is 2.19. The minimum absolute atomic E-state index is 0.0177. The Kier molecular flexibility index (Phi) is 5.41. The van der Waals surface area contributed by atoms with Gasteiger partial charge in [-0.3, -0.25) is 4.79 Å². The van der Waals surface area contributed by atoms with Gasteiger partial charge in [0.15, 0.2) is 0 Å². The zero-order chi connectivity index (χ0) is 16.1. The highest BCUT2D eigenvalue weighted by molar-refractivity contribution is 7.12. The van der Waals surface area contributed by atoms with Gasteiger partial charge in [-0.05, 0) is 32.9 Å². The van der Waals surface area contributed by atoms with Crippen LogP contribution in [0.1, 0.15) is 35.9 Å². The Morgan fingerprint density at radius 1 is 1.26 bits per heavy atom. The normalized spacial score (nSPS) is 16.9. The smallest absolute Gasteiger partial charge is 0.263 e. The molecule has 1 aliphatic rings. The number of rotatable bonds is 5. The van der Waals surface area contributed by atoms with E-state index in [2.05, 4.69) is 22.1 Å². The number of hydrogen-bond acceptors (Lipinski definition) is 4. The van der Waals surface area contributed by atoms with E-state index in [4.69, 9.17) is 0 Å². The lowest BCUT2D eigenvalue weighted by atomic mass is 10.1. The summed E-state index contributed by atoms with van der Waals surface area (Å²) in [5.74, 6) is -0.0177. The third-order valence-electron chi connectivity index (χ3n) is 4.18. The Labute approximate surface area is 141 Å². The number of nitrogens with zero attached hydrogens (tertiary/aromatic N) is 2. The fourth-order valence-corrected chi connectivity index (χ4v) is 3.78. The summed E-state index contributed by atoms with van der Waals surface area (Å²) in [6.07, 6.45) is 3.87. The maximum Gasteiger partial charge on any atom is 0.263 e. The summed E-state index contributed by atoms with van der Waals surface area (Å²) in [5.41, 5.74) is 3.51. The number of carbonyl (C=O) groups excluding carboxylic acids is 1. The first-order chi connectivity index (χ1) is 11.2. The third kappa shape index (κ3) is 4.18. The van der Waals surface area contributed by atoms with E-state index < -0.39 is 0 Å². The topological polar surface area (TPSA) is 45.2 Å². The molecule has 0 spiro atoms. The van der Waals surface area contributed by atoms with Crippen LogP contribution in [0.2, 0.25) is 0 Å². The number of nitrogens with one attached hydrogen (secondary N) is 1. The molecule has 4 nitrogen and oxygen atoms in total. The Balaban J connectivity index is 1.63. The van der Waals surface area contributed by atoms with Crippen LogP contribution in [0.3, 0.4) is 0 Å². The molecule has 2 aromatic rings. The van der Waals surface area contributed by atoms with Gasteiger partial charge in [-0.1, -0.05) is 36.8 Å². The molecule has 0 radical (unpaired) electrons. The second-order valence-electron chi connectivity index (χ2n) is 6.13. The quantitative estimate of drug-likeness (QED) is 0.914. The number of thiazole rings is 1. The van der Waals surface area contributed by atoms with Crippen LogP contribution in [0.25, 0.3) is 11.3 Å². The first-order valence-electron chi connectivity index (χ1n) is 8.26. The molecule has 0 saturated carbocycles. The molecule has 5 heteroatoms. The van der Waals surface area contributed by atoms with E-state index in [1.165, 1.54) is 30.6 Å². The molecule has 1 amide bonds. The molecule has 23 heavy (non-hydrogen) atoms. The van der Waals surface area contributed by atoms with Crippen molar-refractivity contribution in [1.82, 2.24) is 15.2 Å². The monoisotopic (exact) mass is 329 g/mol. The summed E-state index contributed by atoms with van der Waals surface area (Å²) >= 11 is 1.40. The van der Waals surface area contributed by atoms with E-state index in [9.17, 15) is 4.79 Å². The van der Waals surface area contributed by atoms with E-state index in [1.807, 2.05) is 30.3 Å². The van der Waals surface area contributed by atoms with Crippen molar-refractivity contribution >= 4 is 17.2 Å². The van der Waals surface area contributed by atoms with Crippen LogP contribution < -0.4 is 5.32 Å². The second kappa shape index (κ2) is 7.70. The van der Waals surface area contributed by atoms with Crippen molar-refractivity contribution in [2.45, 2.75) is 32.2 Å². The lowest BCUT2D eigenvalue weighted by Gasteiger charge is -2.29. The zero-order valence-electron chi connectivity index (χ0n) is 13.5. The highest BCUT2D eigenvalue weighted by Crippen LogP contribution is 2.25. The van der Waals surface area contributed by atoms with Gasteiger partial charge >= 0.3 is 0 Å². The highest BCUT2D eigenvalue weighted by atomic mass is 32.1. The van der Waals surface area contributed by atoms with E-state index in [-0.39, 0.29) is 11.9 Å². The van der Waals surface area contributed by atoms with E-state index in [0.29, 0.717) is 4.88 Å². The van der Waals surface area contributed by atoms with Gasteiger partial charge in [0.1, 0.15) is 4.88 Å². The summed E-state index contributed by atoms with van der Waals surface area (Å²) in [5, 5.41) is 3.13. The third-order valence-corrected chi connectivity index (χ3v) is 5.00. The number of aromatic nitrogens is 1. The largest absolute Gasteiger partial charge is 0.348 e. The maximum absolute atomic E-state index is 12.6. The Morgan fingerprint density at radius 3 is 2.74 bits per heavy atom. The van der Waals surface area contributed by atoms with Crippen molar-refractivity contribution in [2.75, 3.05) is 19.6 Å². The maximum atomic E-state index is 12.6. The summed E-state index contributed by atoms with van der Waals surface area (Å²) in [7, 11) is 0. The molecule has 2 heterocycles. The average molecular weight is 329 g/mol. The van der Waals surface area contributed by atoms with Gasteiger partial charge in [-0.2, -0.15) is 0 Å². The van der Waals surface area contributed by atoms with Crippen LogP contribution in [0, 0.1) is 0 Å². The van der Waals surface area contributed by atoms with Gasteiger partial charge < -0.3 is 10.2 Å². The van der Waals surface area contributed by atoms with Gasteiger partial charge in [0.25, 0.3) is 5.91 Å². The lowest BCUT2D eigenvalue weighted by molar-refractivity contribution is 0.0930. The van der Waals surface area contributed by atoms with Gasteiger partial charge in [0.2, 0.25) is 0 Å². The first kappa shape index (κ1) is 16.1. The molecule has 1 atom stereocenters. The molecule has 1 aromatic carbocycles. The van der Waals surface area contributed by atoms with Crippen molar-refractivity contribution in [1.29, 1.82) is 0 Å². The summed E-state index contributed by atoms with van der Waals surface area (Å²) < 4.78 is 0. The van der Waals surface area contributed by atoms with Crippen LogP contribution in [-0.2, 0) is 0 Å². The zero-order valence-corrected chi connectivity index (χ0v) is 14.3. The summed E-state index contributed by atoms with van der Waals surface area (Å²) in [6, 6.07) is 10.0. The number of benzene rings is 1. The summed E-state index contributed by atoms with van der Waals surface area (Å²) in [4.78, 5) is 20.1. The first-order valence-corrected chi connectivity index (χ1v) is 9.14. The summed E-state index contributed by atoms with van der Waals surface area (Å²) in [6.45, 7) is 5.30. The van der Waals surface area contributed by atoms with E-state index in [0.717, 1.165) is 30.9 Å². The molecule has 122 valence electrons. The molecule has 1 N–H and O–H groups in total. The van der Waals surface area contributed by atoms with Gasteiger partial charge in [0.05, 0.1) is 11.2 Å². The van der Waals surface area contributed by atoms with Crippen LogP contribution >= 0.6 is 11.3 Å². The van der Waals surface area contributed by atoms with E-state index in [1.54, 1.807) is 5.51 Å². The Bertz CT molecular complexity index is 635. The number of piperidine rings is 1. The standard InChI is InChI=1S/C18H23N3OS/c1-14(12-21-10-6-3-7-11-21)20-18(22)17-16(19-13-23-17)15-8-4-2-5-9-15/h2,4-5,8-9,13-14H,3,6-7,10-12H2,1H3,(H,20,22)/t14-/m0/s1. The molecule has 1 fully saturated rings. The molecule has 3 rings (SSSR count). The molecule has 1 saturated heterocycles. The number of likely N-dealkylation sites (tertiary alicyclic amines) is 1. The fourth-order valence-electron chi connectivity index (χ4n) is 3.07. The van der Waals surface area contributed by atoms with Crippen molar-refractivity contribution in [3.05, 3.63) is 40.7 Å². The van der Waals surface area contributed by atoms with Crippen molar-refractivity contribution in [2.24, 2.45) is 0 Å². The van der Waals surface area contributed by atoms with Crippen LogP contribution in [0.4, 0.5) is 0 Å². The van der Waals surface area contributed by atoms with E-state index >= 15 is 0 Å². The predicted molar refractivity (Wildman–Crippen MR) is 94.8 cm³/mol. The average Bonchev–Trinajstić information content (AvgIpc) is 3.06. The molecular weight excluding hydrogens is 306 g/mol. The fraction of sp³-hybridized carbons (Fsp3) is 0.444. The van der Waals surface area contributed by atoms with Crippen molar-refractivity contribution in [3.8, 4) is 11.3 Å². The number of carbonyl (C=O) groups is 1. The van der Waals surface area contributed by atoms with Crippen molar-refractivity contribution in [3.63, 3.8) is 0 Å². The van der Waals surface area contributed by atoms with Crippen LogP contribution in [0.15, 0.2) is 35.8 Å². The number of hydrogen-bond donors (Lipinski definition) is 1. The minimum Gasteiger partial charge on any atom is -0.348 e. The van der Waals surface area contributed by atoms with Crippen LogP contribution in [0.5, 0.6) is 0 Å². The molecule has 0 bridgehead atoms. The molecule has 0 aliphatic carbocycles. The lowest BCUT2D eigenvalue weighted by Crippen LogP contribution is -2.43. The number of amides is 1. The predicted octanol–water partition coefficient (Wildman–Crippen LogP) is 3.41. The molecule has 0 unspecified atom stereocenters. The molecule has 1 aliphatic heterocycles. The Hall–Kier alpha value is -1.72. The Morgan fingerprint density at radius 2 is 2.00 bits per heavy atom. The molecule has 1 aromatic heterocycles. The molecular formula is C18H23N3OS. The van der Waals surface area contributed by atoms with Crippen LogP contribution in [-0.4, -0.2) is 41.5 Å².